The first-order chi connectivity index (χ1) is 15.6. The third-order valence-corrected chi connectivity index (χ3v) is 6.35. The monoisotopic (exact) mass is 423 g/mol. The molecule has 0 unspecified atom stereocenters. The average molecular weight is 423 g/mol. The van der Waals surface area contributed by atoms with E-state index >= 15 is 0 Å². The average Bonchev–Trinajstić information content (AvgIpc) is 3.48. The van der Waals surface area contributed by atoms with Gasteiger partial charge in [-0.1, -0.05) is 35.5 Å². The van der Waals surface area contributed by atoms with E-state index in [2.05, 4.69) is 39.1 Å². The number of fused-ring (bicyclic) bond motifs is 12. The topological polar surface area (TPSA) is 73.0 Å². The van der Waals surface area contributed by atoms with Crippen molar-refractivity contribution in [2.24, 2.45) is 0 Å². The predicted molar refractivity (Wildman–Crippen MR) is 121 cm³/mol. The summed E-state index contributed by atoms with van der Waals surface area (Å²) in [5.41, 5.74) is 5.15. The van der Waals surface area contributed by atoms with E-state index in [-0.39, 0.29) is 11.8 Å². The van der Waals surface area contributed by atoms with Crippen LogP contribution in [0.2, 0.25) is 0 Å². The van der Waals surface area contributed by atoms with Crippen LogP contribution in [-0.2, 0) is 22.6 Å². The Hall–Kier alpha value is -4.00. The minimum atomic E-state index is -0.347. The van der Waals surface area contributed by atoms with E-state index < -0.39 is 0 Å². The van der Waals surface area contributed by atoms with E-state index in [0.29, 0.717) is 23.4 Å². The molecule has 0 spiro atoms. The lowest BCUT2D eigenvalue weighted by Crippen LogP contribution is -2.26. The Labute approximate surface area is 184 Å². The van der Waals surface area contributed by atoms with Gasteiger partial charge in [-0.15, -0.1) is 5.10 Å². The van der Waals surface area contributed by atoms with Crippen molar-refractivity contribution in [2.45, 2.75) is 25.8 Å². The van der Waals surface area contributed by atoms with E-state index in [0.717, 1.165) is 41.4 Å². The van der Waals surface area contributed by atoms with Crippen LogP contribution in [0.3, 0.4) is 0 Å². The molecule has 0 aliphatic carbocycles. The van der Waals surface area contributed by atoms with Crippen molar-refractivity contribution >= 4 is 33.9 Å². The van der Waals surface area contributed by atoms with Gasteiger partial charge in [0.2, 0.25) is 0 Å². The standard InChI is InChI=1S/C25H21N5O2/c1-28-24(31)22-19-14-30(21-11-3-2-10-18(19)21)17-9-6-8-16(13-17)7-4-5-12-29-15-20(26-27-29)23(22)25(28)32/h2-3,6,8-11,13-15H,4-5,7,12H2,1H3. The number of hydrogen-bond donors (Lipinski definition) is 0. The van der Waals surface area contributed by atoms with Crippen LogP contribution in [0.15, 0.2) is 60.9 Å². The number of benzene rings is 2. The number of likely N-dealkylation sites (N-methyl/N-ethyl adjacent to an activating group) is 1. The number of rotatable bonds is 0. The molecule has 0 fully saturated rings. The van der Waals surface area contributed by atoms with Crippen molar-refractivity contribution in [3.8, 4) is 5.69 Å². The molecular weight excluding hydrogens is 402 g/mol. The van der Waals surface area contributed by atoms with Crippen LogP contribution < -0.4 is 0 Å². The number of aryl methyl sites for hydroxylation is 2. The van der Waals surface area contributed by atoms with Crippen LogP contribution in [-0.4, -0.2) is 43.3 Å². The molecule has 6 rings (SSSR count). The van der Waals surface area contributed by atoms with Crippen molar-refractivity contribution in [1.82, 2.24) is 24.5 Å². The Morgan fingerprint density at radius 2 is 1.75 bits per heavy atom. The second-order valence-corrected chi connectivity index (χ2v) is 8.34. The highest BCUT2D eigenvalue weighted by atomic mass is 16.2. The predicted octanol–water partition coefficient (Wildman–Crippen LogP) is 3.47. The molecular formula is C25H21N5O2. The minimum Gasteiger partial charge on any atom is -0.316 e. The highest BCUT2D eigenvalue weighted by Gasteiger charge is 2.39. The Morgan fingerprint density at radius 3 is 2.66 bits per heavy atom. The van der Waals surface area contributed by atoms with Gasteiger partial charge < -0.3 is 4.57 Å². The molecule has 7 heteroatoms. The fraction of sp³-hybridized carbons (Fsp3) is 0.200. The van der Waals surface area contributed by atoms with Gasteiger partial charge in [-0.2, -0.15) is 0 Å². The van der Waals surface area contributed by atoms with Crippen LogP contribution in [0, 0.1) is 0 Å². The normalized spacial score (nSPS) is 16.3. The van der Waals surface area contributed by atoms with Crippen molar-refractivity contribution in [2.75, 3.05) is 7.05 Å². The number of amides is 2. The van der Waals surface area contributed by atoms with Crippen LogP contribution in [0.1, 0.15) is 29.7 Å². The van der Waals surface area contributed by atoms with Gasteiger partial charge >= 0.3 is 0 Å². The number of nitrogens with zero attached hydrogens (tertiary/aromatic N) is 5. The fourth-order valence-electron chi connectivity index (χ4n) is 4.71. The van der Waals surface area contributed by atoms with Crippen molar-refractivity contribution in [3.63, 3.8) is 0 Å². The molecule has 4 aromatic rings. The maximum atomic E-state index is 13.3. The van der Waals surface area contributed by atoms with E-state index in [9.17, 15) is 9.59 Å². The molecule has 4 heterocycles. The molecule has 2 aliphatic heterocycles. The molecule has 0 atom stereocenters. The first-order valence-electron chi connectivity index (χ1n) is 10.8. The zero-order valence-corrected chi connectivity index (χ0v) is 17.7. The molecule has 2 aromatic heterocycles. The largest absolute Gasteiger partial charge is 0.316 e. The maximum absolute atomic E-state index is 13.3. The number of carbonyl (C=O) groups excluding carboxylic acids is 2. The molecule has 2 aliphatic rings. The van der Waals surface area contributed by atoms with E-state index in [1.165, 1.54) is 17.5 Å². The number of aromatic nitrogens is 4. The van der Waals surface area contributed by atoms with Gasteiger partial charge in [0.05, 0.1) is 22.9 Å². The van der Waals surface area contributed by atoms with Gasteiger partial charge in [0.1, 0.15) is 5.69 Å². The number of carbonyl (C=O) groups is 2. The highest BCUT2D eigenvalue weighted by molar-refractivity contribution is 6.49. The van der Waals surface area contributed by atoms with Gasteiger partial charge in [0.25, 0.3) is 11.8 Å². The number of para-hydroxylation sites is 1. The summed E-state index contributed by atoms with van der Waals surface area (Å²) in [4.78, 5) is 27.5. The smallest absolute Gasteiger partial charge is 0.263 e. The summed E-state index contributed by atoms with van der Waals surface area (Å²) in [6.45, 7) is 0.713. The minimum absolute atomic E-state index is 0.315. The first-order valence-corrected chi connectivity index (χ1v) is 10.8. The first kappa shape index (κ1) is 18.7. The molecule has 6 bridgehead atoms. The quantitative estimate of drug-likeness (QED) is 0.406. The summed E-state index contributed by atoms with van der Waals surface area (Å²) in [6.07, 6.45) is 6.68. The molecule has 158 valence electrons. The van der Waals surface area contributed by atoms with E-state index in [4.69, 9.17) is 0 Å². The lowest BCUT2D eigenvalue weighted by Gasteiger charge is -2.08. The Balaban J connectivity index is 1.69. The summed E-state index contributed by atoms with van der Waals surface area (Å²) in [6, 6.07) is 16.5. The summed E-state index contributed by atoms with van der Waals surface area (Å²) >= 11 is 0. The zero-order chi connectivity index (χ0) is 21.8. The third-order valence-electron chi connectivity index (χ3n) is 6.35. The highest BCUT2D eigenvalue weighted by Crippen LogP contribution is 2.39. The fourth-order valence-corrected chi connectivity index (χ4v) is 4.71. The lowest BCUT2D eigenvalue weighted by molar-refractivity contribution is -0.134. The zero-order valence-electron chi connectivity index (χ0n) is 17.7. The molecule has 0 saturated carbocycles. The summed E-state index contributed by atoms with van der Waals surface area (Å²) in [5.74, 6) is -0.666. The molecule has 0 saturated heterocycles. The molecule has 2 aromatic carbocycles. The Bertz CT molecular complexity index is 1440. The van der Waals surface area contributed by atoms with Gasteiger partial charge in [-0.05, 0) is 43.0 Å². The van der Waals surface area contributed by atoms with Crippen molar-refractivity contribution in [1.29, 1.82) is 0 Å². The molecule has 7 nitrogen and oxygen atoms in total. The number of imide groups is 1. The second kappa shape index (κ2) is 7.02. The molecule has 32 heavy (non-hydrogen) atoms. The SMILES string of the molecule is CN1C(=O)C2=C(C1=O)c1cn(c3ccccc13)-c1cccc(c1)CCCCn1cc2nn1. The van der Waals surface area contributed by atoms with Gasteiger partial charge in [-0.3, -0.25) is 19.2 Å². The molecule has 2 amide bonds. The van der Waals surface area contributed by atoms with Crippen LogP contribution >= 0.6 is 0 Å². The summed E-state index contributed by atoms with van der Waals surface area (Å²) in [7, 11) is 1.52. The van der Waals surface area contributed by atoms with Crippen LogP contribution in [0.4, 0.5) is 0 Å². The maximum Gasteiger partial charge on any atom is 0.263 e. The van der Waals surface area contributed by atoms with E-state index in [1.54, 1.807) is 10.9 Å². The summed E-state index contributed by atoms with van der Waals surface area (Å²) in [5, 5.41) is 9.41. The van der Waals surface area contributed by atoms with Gasteiger partial charge in [0.15, 0.2) is 0 Å². The molecule has 0 N–H and O–H groups in total. The Morgan fingerprint density at radius 1 is 0.906 bits per heavy atom. The van der Waals surface area contributed by atoms with Gasteiger partial charge in [-0.25, -0.2) is 0 Å². The Kier molecular flexibility index (Phi) is 4.11. The molecule has 0 radical (unpaired) electrons. The second-order valence-electron chi connectivity index (χ2n) is 8.34. The van der Waals surface area contributed by atoms with Crippen molar-refractivity contribution in [3.05, 3.63) is 77.7 Å². The van der Waals surface area contributed by atoms with Crippen molar-refractivity contribution < 1.29 is 9.59 Å². The van der Waals surface area contributed by atoms with Crippen LogP contribution in [0.25, 0.3) is 27.7 Å². The number of hydrogen-bond acceptors (Lipinski definition) is 4. The van der Waals surface area contributed by atoms with Gasteiger partial charge in [0, 0.05) is 36.4 Å². The third kappa shape index (κ3) is 2.74. The summed E-state index contributed by atoms with van der Waals surface area (Å²) < 4.78 is 3.86. The lowest BCUT2D eigenvalue weighted by atomic mass is 9.99. The van der Waals surface area contributed by atoms with Crippen LogP contribution in [0.5, 0.6) is 0 Å². The van der Waals surface area contributed by atoms with E-state index in [1.807, 2.05) is 30.5 Å².